The number of carboxylic acid groups (broad SMARTS) is 1. The van der Waals surface area contributed by atoms with E-state index in [2.05, 4.69) is 25.7 Å². The van der Waals surface area contributed by atoms with Gasteiger partial charge in [-0.05, 0) is 88.1 Å². The van der Waals surface area contributed by atoms with E-state index >= 15 is 0 Å². The van der Waals surface area contributed by atoms with Crippen LogP contribution < -0.4 is 16.4 Å². The molecule has 5 N–H and O–H groups in total. The molecule has 20 heteroatoms. The Bertz CT molecular complexity index is 2200. The van der Waals surface area contributed by atoms with Crippen molar-refractivity contribution < 1.29 is 37.5 Å². The maximum atomic E-state index is 14.1. The molecule has 3 fully saturated rings. The topological polar surface area (TPSA) is 197 Å². The summed E-state index contributed by atoms with van der Waals surface area (Å²) in [6, 6.07) is 6.98. The molecule has 1 unspecified atom stereocenters. The number of carboxylic acids is 1. The number of aliphatic carboxylic acids is 1. The Balaban J connectivity index is 0.996. The van der Waals surface area contributed by atoms with Gasteiger partial charge in [-0.3, -0.25) is 24.1 Å². The minimum atomic E-state index is -4.83. The first-order valence-electron chi connectivity index (χ1n) is 18.9. The molecule has 1 aromatic carbocycles. The third-order valence-electron chi connectivity index (χ3n) is 11.2. The van der Waals surface area contributed by atoms with Crippen LogP contribution in [0.3, 0.4) is 0 Å². The van der Waals surface area contributed by atoms with E-state index in [0.717, 1.165) is 43.0 Å². The van der Waals surface area contributed by atoms with Crippen LogP contribution in [0, 0.1) is 17.8 Å². The molecule has 6 heterocycles. The van der Waals surface area contributed by atoms with Crippen LogP contribution in [0.15, 0.2) is 48.9 Å². The normalized spacial score (nSPS) is 18.8. The molecule has 4 aromatic rings. The quantitative estimate of drug-likeness (QED) is 0.183. The van der Waals surface area contributed by atoms with Crippen LogP contribution in [-0.4, -0.2) is 126 Å². The summed E-state index contributed by atoms with van der Waals surface area (Å²) in [5.74, 6) is -1.76. The van der Waals surface area contributed by atoms with E-state index < -0.39 is 23.7 Å². The number of anilines is 2. The SMILES string of the molecule is C[C@H]1CN(C(=O)C(C2CCN(CC(=O)O)CC2)C2CNC2)CCN1C(=O)c1ccc(NC(=O)c2ncc(-c3cn(-c4ccc(N)cn4)nc3C(F)(F)F)n2C)cc1Cl. The first kappa shape index (κ1) is 40.7. The van der Waals surface area contributed by atoms with E-state index in [1.54, 1.807) is 4.90 Å². The fraction of sp³-hybridized carbons (Fsp3) is 0.447. The molecule has 3 saturated heterocycles. The number of hydrogen-bond acceptors (Lipinski definition) is 10. The van der Waals surface area contributed by atoms with E-state index in [1.807, 2.05) is 16.7 Å². The number of nitrogens with one attached hydrogen (secondary N) is 2. The zero-order chi connectivity index (χ0) is 41.5. The number of nitrogens with zero attached hydrogens (tertiary/aromatic N) is 8. The van der Waals surface area contributed by atoms with Crippen molar-refractivity contribution in [3.8, 4) is 17.1 Å². The summed E-state index contributed by atoms with van der Waals surface area (Å²) in [5.41, 5.74) is 4.87. The van der Waals surface area contributed by atoms with Crippen molar-refractivity contribution in [2.45, 2.75) is 32.0 Å². The van der Waals surface area contributed by atoms with Crippen LogP contribution >= 0.6 is 11.6 Å². The highest BCUT2D eigenvalue weighted by Gasteiger charge is 2.43. The third kappa shape index (κ3) is 8.37. The Labute approximate surface area is 336 Å². The summed E-state index contributed by atoms with van der Waals surface area (Å²) in [6.45, 7) is 5.66. The van der Waals surface area contributed by atoms with Gasteiger partial charge in [0.2, 0.25) is 5.91 Å². The fourth-order valence-electron chi connectivity index (χ4n) is 8.08. The molecule has 3 aliphatic rings. The average Bonchev–Trinajstić information content (AvgIpc) is 3.77. The van der Waals surface area contributed by atoms with Crippen LogP contribution in [0.5, 0.6) is 0 Å². The van der Waals surface area contributed by atoms with Gasteiger partial charge in [-0.25, -0.2) is 14.6 Å². The van der Waals surface area contributed by atoms with Gasteiger partial charge in [0.05, 0.1) is 46.5 Å². The minimum Gasteiger partial charge on any atom is -0.480 e. The molecule has 0 bridgehead atoms. The molecule has 308 valence electrons. The van der Waals surface area contributed by atoms with E-state index in [4.69, 9.17) is 17.3 Å². The first-order chi connectivity index (χ1) is 27.6. The zero-order valence-electron chi connectivity index (χ0n) is 31.7. The number of carbonyl (C=O) groups is 4. The van der Waals surface area contributed by atoms with Gasteiger partial charge in [-0.15, -0.1) is 0 Å². The van der Waals surface area contributed by atoms with Crippen molar-refractivity contribution in [1.29, 1.82) is 0 Å². The highest BCUT2D eigenvalue weighted by molar-refractivity contribution is 6.34. The molecule has 7 rings (SSSR count). The predicted molar refractivity (Wildman–Crippen MR) is 206 cm³/mol. The molecule has 0 spiro atoms. The highest BCUT2D eigenvalue weighted by Crippen LogP contribution is 2.38. The second-order valence-corrected chi connectivity index (χ2v) is 15.4. The number of benzene rings is 1. The number of nitrogens with two attached hydrogens (primary N) is 1. The molecule has 0 saturated carbocycles. The Morgan fingerprint density at radius 1 is 1.03 bits per heavy atom. The summed E-state index contributed by atoms with van der Waals surface area (Å²) in [4.78, 5) is 66.0. The average molecular weight is 826 g/mol. The number of piperidine rings is 1. The molecule has 3 aromatic heterocycles. The second kappa shape index (κ2) is 16.4. The van der Waals surface area contributed by atoms with Gasteiger partial charge < -0.3 is 35.8 Å². The number of nitrogen functional groups attached to an aromatic ring is 1. The van der Waals surface area contributed by atoms with E-state index in [1.165, 1.54) is 48.1 Å². The number of piperazine rings is 1. The molecular formula is C38H43ClF3N11O5. The van der Waals surface area contributed by atoms with Crippen LogP contribution in [0.4, 0.5) is 24.5 Å². The molecule has 3 aliphatic heterocycles. The van der Waals surface area contributed by atoms with Gasteiger partial charge in [-0.1, -0.05) is 11.6 Å². The molecule has 16 nitrogen and oxygen atoms in total. The van der Waals surface area contributed by atoms with Crippen molar-refractivity contribution in [3.63, 3.8) is 0 Å². The van der Waals surface area contributed by atoms with E-state index in [9.17, 15) is 37.5 Å². The van der Waals surface area contributed by atoms with Crippen LogP contribution in [0.1, 0.15) is 46.4 Å². The van der Waals surface area contributed by atoms with Crippen LogP contribution in [0.25, 0.3) is 17.1 Å². The van der Waals surface area contributed by atoms with Gasteiger partial charge in [-0.2, -0.15) is 18.3 Å². The van der Waals surface area contributed by atoms with Crippen molar-refractivity contribution in [2.75, 3.05) is 63.4 Å². The van der Waals surface area contributed by atoms with Crippen molar-refractivity contribution >= 4 is 46.7 Å². The summed E-state index contributed by atoms with van der Waals surface area (Å²) in [7, 11) is 1.40. The van der Waals surface area contributed by atoms with Gasteiger partial charge in [0.1, 0.15) is 0 Å². The van der Waals surface area contributed by atoms with Gasteiger partial charge in [0.15, 0.2) is 17.3 Å². The summed E-state index contributed by atoms with van der Waals surface area (Å²) >= 11 is 6.61. The number of halogens is 4. The Kier molecular flexibility index (Phi) is 11.5. The minimum absolute atomic E-state index is 0.00491. The third-order valence-corrected chi connectivity index (χ3v) is 11.5. The first-order valence-corrected chi connectivity index (χ1v) is 19.2. The van der Waals surface area contributed by atoms with Gasteiger partial charge in [0, 0.05) is 50.5 Å². The Hall–Kier alpha value is -5.53. The Morgan fingerprint density at radius 2 is 1.78 bits per heavy atom. The second-order valence-electron chi connectivity index (χ2n) is 15.0. The van der Waals surface area contributed by atoms with Gasteiger partial charge >= 0.3 is 12.1 Å². The standard InChI is InChI=1S/C38H43ClF3N11O5/c1-21-18-51(37(58)32(23-14-44-15-23)22-7-9-50(10-8-22)20-31(54)55)11-12-52(21)36(57)26-5-4-25(13-28(26)39)47-35(56)34-46-17-29(49(34)2)27-19-53(48-33(27)38(40,41)42)30-6-3-24(43)16-45-30/h3-6,13,16-17,19,21-23,32,44H,7-12,14-15,18,20,43H2,1-2H3,(H,47,56)(H,54,55)/t21-,32?/m0/s1. The summed E-state index contributed by atoms with van der Waals surface area (Å²) in [5, 5.41) is 18.9. The number of imidazole rings is 1. The number of alkyl halides is 3. The lowest BCUT2D eigenvalue weighted by atomic mass is 9.73. The lowest BCUT2D eigenvalue weighted by Gasteiger charge is -2.46. The smallest absolute Gasteiger partial charge is 0.435 e. The van der Waals surface area contributed by atoms with Gasteiger partial charge in [0.25, 0.3) is 11.8 Å². The number of hydrogen-bond donors (Lipinski definition) is 4. The molecule has 0 aliphatic carbocycles. The fourth-order valence-corrected chi connectivity index (χ4v) is 8.35. The maximum absolute atomic E-state index is 14.1. The largest absolute Gasteiger partial charge is 0.480 e. The maximum Gasteiger partial charge on any atom is 0.435 e. The summed E-state index contributed by atoms with van der Waals surface area (Å²) < 4.78 is 44.5. The van der Waals surface area contributed by atoms with Crippen molar-refractivity contribution in [3.05, 3.63) is 71.0 Å². The molecular weight excluding hydrogens is 783 g/mol. The van der Waals surface area contributed by atoms with Crippen LogP contribution in [0.2, 0.25) is 5.02 Å². The number of carbonyl (C=O) groups excluding carboxylic acids is 3. The highest BCUT2D eigenvalue weighted by atomic mass is 35.5. The number of likely N-dealkylation sites (tertiary alicyclic amines) is 1. The molecule has 58 heavy (non-hydrogen) atoms. The van der Waals surface area contributed by atoms with E-state index in [-0.39, 0.29) is 81.3 Å². The number of pyridine rings is 1. The summed E-state index contributed by atoms with van der Waals surface area (Å²) in [6.07, 6.45) is 0.261. The number of aromatic nitrogens is 5. The predicted octanol–water partition coefficient (Wildman–Crippen LogP) is 3.48. The lowest BCUT2D eigenvalue weighted by molar-refractivity contribution is -0.145. The Morgan fingerprint density at radius 3 is 2.38 bits per heavy atom. The molecule has 0 radical (unpaired) electrons. The van der Waals surface area contributed by atoms with Crippen molar-refractivity contribution in [1.82, 2.24) is 44.3 Å². The van der Waals surface area contributed by atoms with Crippen molar-refractivity contribution in [2.24, 2.45) is 24.8 Å². The zero-order valence-corrected chi connectivity index (χ0v) is 32.5. The van der Waals surface area contributed by atoms with Crippen LogP contribution in [-0.2, 0) is 22.8 Å². The monoisotopic (exact) mass is 825 g/mol. The number of amides is 3. The molecule has 2 atom stereocenters. The molecule has 3 amide bonds. The number of rotatable bonds is 10. The van der Waals surface area contributed by atoms with E-state index in [0.29, 0.717) is 38.4 Å². The lowest BCUT2D eigenvalue weighted by Crippen LogP contribution is -2.60.